The smallest absolute Gasteiger partial charge is 0.184 e. The zero-order chi connectivity index (χ0) is 18.7. The van der Waals surface area contributed by atoms with Crippen molar-refractivity contribution in [1.29, 1.82) is 0 Å². The number of rotatable bonds is 11. The highest BCUT2D eigenvalue weighted by atomic mass is 16.4. The molecule has 0 amide bonds. The summed E-state index contributed by atoms with van der Waals surface area (Å²) in [5, 5.41) is 30.6. The molecule has 0 bridgehead atoms. The van der Waals surface area contributed by atoms with Crippen LogP contribution in [0.3, 0.4) is 0 Å². The van der Waals surface area contributed by atoms with Gasteiger partial charge in [-0.05, 0) is 37.8 Å². The van der Waals surface area contributed by atoms with E-state index in [2.05, 4.69) is 6.92 Å². The van der Waals surface area contributed by atoms with E-state index in [0.717, 1.165) is 19.3 Å². The fourth-order valence-electron chi connectivity index (χ4n) is 2.55. The first-order valence-corrected chi connectivity index (χ1v) is 8.77. The Kier molecular flexibility index (Phi) is 9.10. The van der Waals surface area contributed by atoms with E-state index < -0.39 is 17.7 Å². The molecule has 0 aromatic rings. The van der Waals surface area contributed by atoms with E-state index in [4.69, 9.17) is 0 Å². The van der Waals surface area contributed by atoms with E-state index in [1.165, 1.54) is 36.8 Å². The molecule has 138 valence electrons. The first-order valence-electron chi connectivity index (χ1n) is 8.77. The molecule has 0 spiro atoms. The average molecular weight is 347 g/mol. The van der Waals surface area contributed by atoms with Crippen molar-refractivity contribution in [1.82, 2.24) is 0 Å². The molecule has 2 N–H and O–H groups in total. The number of aliphatic hydroxyl groups excluding tert-OH is 1. The van der Waals surface area contributed by atoms with Gasteiger partial charge in [-0.15, -0.1) is 0 Å². The number of aliphatic hydroxyl groups is 2. The third kappa shape index (κ3) is 7.63. The van der Waals surface area contributed by atoms with Crippen LogP contribution in [0.5, 0.6) is 0 Å². The van der Waals surface area contributed by atoms with Crippen molar-refractivity contribution in [2.24, 2.45) is 0 Å². The van der Waals surface area contributed by atoms with Crippen molar-refractivity contribution >= 4 is 11.8 Å². The molecule has 1 rings (SSSR count). The first-order chi connectivity index (χ1) is 11.9. The summed E-state index contributed by atoms with van der Waals surface area (Å²) < 4.78 is 0. The van der Waals surface area contributed by atoms with Crippen molar-refractivity contribution in [2.45, 2.75) is 63.6 Å². The molecule has 1 aliphatic carbocycles. The molecule has 0 aromatic heterocycles. The zero-order valence-electron chi connectivity index (χ0n) is 14.7. The molecule has 0 aromatic carbocycles. The van der Waals surface area contributed by atoms with Gasteiger partial charge in [0.05, 0.1) is 6.10 Å². The van der Waals surface area contributed by atoms with E-state index in [0.29, 0.717) is 6.42 Å². The van der Waals surface area contributed by atoms with Crippen LogP contribution in [0.1, 0.15) is 51.9 Å². The van der Waals surface area contributed by atoms with Crippen LogP contribution in [0.25, 0.3) is 0 Å². The molecule has 5 heteroatoms. The summed E-state index contributed by atoms with van der Waals surface area (Å²) in [4.78, 5) is 22.3. The molecular formula is C20H27O5-. The summed E-state index contributed by atoms with van der Waals surface area (Å²) in [7, 11) is 0. The van der Waals surface area contributed by atoms with Gasteiger partial charge in [0.25, 0.3) is 0 Å². The monoisotopic (exact) mass is 347 g/mol. The van der Waals surface area contributed by atoms with Crippen LogP contribution in [-0.4, -0.2) is 33.7 Å². The Morgan fingerprint density at radius 1 is 1.36 bits per heavy atom. The largest absolute Gasteiger partial charge is 0.550 e. The maximum Gasteiger partial charge on any atom is 0.184 e. The van der Waals surface area contributed by atoms with E-state index >= 15 is 0 Å². The predicted octanol–water partition coefficient (Wildman–Crippen LogP) is 1.76. The van der Waals surface area contributed by atoms with Crippen LogP contribution in [0.2, 0.25) is 0 Å². The molecule has 2 atom stereocenters. The highest BCUT2D eigenvalue weighted by molar-refractivity contribution is 6.09. The van der Waals surface area contributed by atoms with Gasteiger partial charge in [0.2, 0.25) is 0 Å². The van der Waals surface area contributed by atoms with E-state index in [1.807, 2.05) is 12.2 Å². The van der Waals surface area contributed by atoms with E-state index in [1.54, 1.807) is 0 Å². The zero-order valence-corrected chi connectivity index (χ0v) is 14.7. The third-order valence-electron chi connectivity index (χ3n) is 4.05. The number of ketones is 1. The Balaban J connectivity index is 2.62. The lowest BCUT2D eigenvalue weighted by Gasteiger charge is -2.20. The average Bonchev–Trinajstić information content (AvgIpc) is 2.85. The number of carbonyl (C=O) groups excluding carboxylic acids is 2. The Labute approximate surface area is 149 Å². The van der Waals surface area contributed by atoms with Crippen molar-refractivity contribution in [3.05, 3.63) is 48.1 Å². The van der Waals surface area contributed by atoms with Gasteiger partial charge in [-0.2, -0.15) is 0 Å². The highest BCUT2D eigenvalue weighted by Crippen LogP contribution is 2.30. The molecule has 0 saturated heterocycles. The molecule has 0 fully saturated rings. The van der Waals surface area contributed by atoms with Gasteiger partial charge in [-0.1, -0.05) is 50.1 Å². The van der Waals surface area contributed by atoms with Crippen LogP contribution in [0.4, 0.5) is 0 Å². The summed E-state index contributed by atoms with van der Waals surface area (Å²) in [6.07, 6.45) is 14.6. The molecular weight excluding hydrogens is 320 g/mol. The van der Waals surface area contributed by atoms with Crippen molar-refractivity contribution in [3.8, 4) is 0 Å². The quantitative estimate of drug-likeness (QED) is 0.337. The molecule has 0 radical (unpaired) electrons. The Hall–Kier alpha value is -1.98. The molecule has 0 aliphatic heterocycles. The number of aliphatic carboxylic acids is 1. The van der Waals surface area contributed by atoms with Gasteiger partial charge in [-0.3, -0.25) is 4.79 Å². The summed E-state index contributed by atoms with van der Waals surface area (Å²) >= 11 is 0. The fraction of sp³-hybridized carbons (Fsp3) is 0.500. The topological polar surface area (TPSA) is 97.7 Å². The second-order valence-electron chi connectivity index (χ2n) is 6.24. The van der Waals surface area contributed by atoms with Crippen LogP contribution in [0, 0.1) is 0 Å². The third-order valence-corrected chi connectivity index (χ3v) is 4.05. The molecule has 1 aliphatic rings. The minimum absolute atomic E-state index is 0.0406. The Morgan fingerprint density at radius 2 is 2.12 bits per heavy atom. The second-order valence-corrected chi connectivity index (χ2v) is 6.24. The van der Waals surface area contributed by atoms with Crippen LogP contribution < -0.4 is 5.11 Å². The minimum atomic E-state index is -1.33. The number of carbonyl (C=O) groups is 2. The number of hydrogen-bond acceptors (Lipinski definition) is 5. The molecule has 0 unspecified atom stereocenters. The Bertz CT molecular complexity index is 571. The molecule has 0 saturated carbocycles. The number of allylic oxidation sites excluding steroid dienone is 4. The fourth-order valence-corrected chi connectivity index (χ4v) is 2.55. The van der Waals surface area contributed by atoms with Gasteiger partial charge in [0.1, 0.15) is 5.60 Å². The van der Waals surface area contributed by atoms with Gasteiger partial charge in [0, 0.05) is 18.0 Å². The summed E-state index contributed by atoms with van der Waals surface area (Å²) in [5.74, 6) is -1.49. The summed E-state index contributed by atoms with van der Waals surface area (Å²) in [6.45, 7) is 2.14. The summed E-state index contributed by atoms with van der Waals surface area (Å²) in [6, 6.07) is 0. The number of carboxylic acids is 1. The highest BCUT2D eigenvalue weighted by Gasteiger charge is 2.35. The van der Waals surface area contributed by atoms with Gasteiger partial charge >= 0.3 is 0 Å². The molecule has 5 nitrogen and oxygen atoms in total. The van der Waals surface area contributed by atoms with Crippen molar-refractivity contribution in [2.75, 3.05) is 0 Å². The normalized spacial score (nSPS) is 23.3. The van der Waals surface area contributed by atoms with Gasteiger partial charge < -0.3 is 20.1 Å². The van der Waals surface area contributed by atoms with E-state index in [-0.39, 0.29) is 24.2 Å². The lowest BCUT2D eigenvalue weighted by Crippen LogP contribution is -2.27. The van der Waals surface area contributed by atoms with Crippen LogP contribution in [0.15, 0.2) is 48.1 Å². The predicted molar refractivity (Wildman–Crippen MR) is 94.5 cm³/mol. The van der Waals surface area contributed by atoms with Crippen molar-refractivity contribution < 1.29 is 24.9 Å². The number of carboxylic acid groups (broad SMARTS) is 1. The number of unbranched alkanes of at least 4 members (excludes halogenated alkanes) is 3. The first kappa shape index (κ1) is 21.1. The minimum Gasteiger partial charge on any atom is -0.550 e. The maximum absolute atomic E-state index is 11.9. The molecule has 25 heavy (non-hydrogen) atoms. The summed E-state index contributed by atoms with van der Waals surface area (Å²) in [5.41, 5.74) is -1.09. The number of hydrogen-bond donors (Lipinski definition) is 2. The van der Waals surface area contributed by atoms with Crippen molar-refractivity contribution in [3.63, 3.8) is 0 Å². The SMILES string of the molecule is CCCCC/C=C\C[C@]1(O)C=CC(=O)/C1=C\C=C\[C@H](O)CCC(=O)[O-]. The van der Waals surface area contributed by atoms with Gasteiger partial charge in [0.15, 0.2) is 5.78 Å². The second kappa shape index (κ2) is 10.8. The Morgan fingerprint density at radius 3 is 2.80 bits per heavy atom. The maximum atomic E-state index is 11.9. The lowest BCUT2D eigenvalue weighted by atomic mass is 9.92. The standard InChI is InChI=1S/C20H28O5/c1-2-3-4-5-6-7-14-20(25)15-13-18(22)17(20)10-8-9-16(21)11-12-19(23)24/h6-10,13,15-16,21,25H,2-5,11-12,14H2,1H3,(H,23,24)/p-1/b7-6-,9-8+,17-10+/t16-,20-/m0/s1. The molecule has 0 heterocycles. The van der Waals surface area contributed by atoms with Gasteiger partial charge in [-0.25, -0.2) is 0 Å². The van der Waals surface area contributed by atoms with Crippen LogP contribution in [-0.2, 0) is 9.59 Å². The van der Waals surface area contributed by atoms with Crippen LogP contribution >= 0.6 is 0 Å². The van der Waals surface area contributed by atoms with E-state index in [9.17, 15) is 24.9 Å². The lowest BCUT2D eigenvalue weighted by molar-refractivity contribution is -0.306.